The fourth-order valence-electron chi connectivity index (χ4n) is 1.88. The van der Waals surface area contributed by atoms with Gasteiger partial charge in [0.05, 0.1) is 12.6 Å². The maximum Gasteiger partial charge on any atom is 0.182 e. The number of likely N-dealkylation sites (N-methyl/N-ethyl adjacent to an activating group) is 1. The third-order valence-electron chi connectivity index (χ3n) is 3.12. The Morgan fingerprint density at radius 1 is 1.24 bits per heavy atom. The topological polar surface area (TPSA) is 38.3 Å². The summed E-state index contributed by atoms with van der Waals surface area (Å²) in [5.74, 6) is 0.942. The summed E-state index contributed by atoms with van der Waals surface area (Å²) in [5.41, 5.74) is 2.15. The zero-order chi connectivity index (χ0) is 13.2. The van der Waals surface area contributed by atoms with Gasteiger partial charge in [-0.1, -0.05) is 0 Å². The summed E-state index contributed by atoms with van der Waals surface area (Å²) < 4.78 is 5.30. The van der Waals surface area contributed by atoms with Gasteiger partial charge in [-0.25, -0.2) is 0 Å². The summed E-state index contributed by atoms with van der Waals surface area (Å²) in [6.45, 7) is 7.67. The average Bonchev–Trinajstić information content (AvgIpc) is 2.27. The molecule has 0 fully saturated rings. The van der Waals surface area contributed by atoms with Crippen LogP contribution in [0, 0.1) is 13.8 Å². The van der Waals surface area contributed by atoms with Crippen molar-refractivity contribution in [3.8, 4) is 5.75 Å². The van der Waals surface area contributed by atoms with Gasteiger partial charge in [-0.3, -0.25) is 4.79 Å². The van der Waals surface area contributed by atoms with Gasteiger partial charge < -0.3 is 10.1 Å². The quantitative estimate of drug-likeness (QED) is 0.815. The molecule has 0 saturated heterocycles. The van der Waals surface area contributed by atoms with Gasteiger partial charge in [0.25, 0.3) is 0 Å². The first-order chi connectivity index (χ1) is 7.83. The first-order valence-electron chi connectivity index (χ1n) is 5.72. The molecule has 0 radical (unpaired) electrons. The van der Waals surface area contributed by atoms with Crippen molar-refractivity contribution in [3.05, 3.63) is 28.8 Å². The van der Waals surface area contributed by atoms with E-state index in [-0.39, 0.29) is 5.78 Å². The summed E-state index contributed by atoms with van der Waals surface area (Å²) in [4.78, 5) is 12.3. The van der Waals surface area contributed by atoms with Crippen LogP contribution >= 0.6 is 0 Å². The van der Waals surface area contributed by atoms with Crippen LogP contribution in [0.1, 0.15) is 35.3 Å². The third-order valence-corrected chi connectivity index (χ3v) is 3.12. The normalized spacial score (nSPS) is 11.4. The van der Waals surface area contributed by atoms with Crippen molar-refractivity contribution < 1.29 is 9.53 Å². The van der Waals surface area contributed by atoms with Gasteiger partial charge in [-0.2, -0.15) is 0 Å². The summed E-state index contributed by atoms with van der Waals surface area (Å²) in [6.07, 6.45) is 0. The molecule has 1 N–H and O–H groups in total. The fourth-order valence-corrected chi connectivity index (χ4v) is 1.88. The second-order valence-electron chi connectivity index (χ2n) is 4.85. The molecule has 0 aliphatic carbocycles. The second-order valence-corrected chi connectivity index (χ2v) is 4.85. The van der Waals surface area contributed by atoms with Gasteiger partial charge in [0.15, 0.2) is 5.78 Å². The monoisotopic (exact) mass is 235 g/mol. The molecule has 1 aromatic rings. The predicted octanol–water partition coefficient (Wildman–Crippen LogP) is 2.49. The highest BCUT2D eigenvalue weighted by atomic mass is 16.5. The van der Waals surface area contributed by atoms with Crippen LogP contribution in [0.15, 0.2) is 12.1 Å². The van der Waals surface area contributed by atoms with Gasteiger partial charge in [0, 0.05) is 5.56 Å². The van der Waals surface area contributed by atoms with E-state index in [0.29, 0.717) is 0 Å². The van der Waals surface area contributed by atoms with Crippen LogP contribution < -0.4 is 10.1 Å². The highest BCUT2D eigenvalue weighted by molar-refractivity contribution is 6.03. The fraction of sp³-hybridized carbons (Fsp3) is 0.500. The zero-order valence-corrected chi connectivity index (χ0v) is 11.5. The molecule has 1 rings (SSSR count). The average molecular weight is 235 g/mol. The van der Waals surface area contributed by atoms with E-state index >= 15 is 0 Å². The Hall–Kier alpha value is -1.35. The van der Waals surface area contributed by atoms with E-state index in [1.165, 1.54) is 0 Å². The molecular weight excluding hydrogens is 214 g/mol. The number of ether oxygens (including phenoxy) is 1. The van der Waals surface area contributed by atoms with E-state index in [4.69, 9.17) is 4.74 Å². The molecule has 0 spiro atoms. The van der Waals surface area contributed by atoms with E-state index in [2.05, 4.69) is 5.32 Å². The Bertz CT molecular complexity index is 413. The number of hydrogen-bond donors (Lipinski definition) is 1. The number of benzene rings is 1. The van der Waals surface area contributed by atoms with Crippen LogP contribution in [0.2, 0.25) is 0 Å². The SMILES string of the molecule is CNC(C)(C)C(=O)c1cc(C)c(OC)c(C)c1. The molecule has 0 atom stereocenters. The van der Waals surface area contributed by atoms with Gasteiger partial charge in [-0.15, -0.1) is 0 Å². The maximum absolute atomic E-state index is 12.3. The lowest BCUT2D eigenvalue weighted by atomic mass is 9.91. The molecule has 0 saturated carbocycles. The van der Waals surface area contributed by atoms with Gasteiger partial charge in [-0.05, 0) is 58.0 Å². The molecule has 0 amide bonds. The molecule has 94 valence electrons. The Morgan fingerprint density at radius 2 is 1.71 bits per heavy atom. The largest absolute Gasteiger partial charge is 0.496 e. The summed E-state index contributed by atoms with van der Waals surface area (Å²) >= 11 is 0. The molecule has 0 aliphatic heterocycles. The number of carbonyl (C=O) groups is 1. The molecule has 3 nitrogen and oxygen atoms in total. The molecule has 0 heterocycles. The molecule has 0 aliphatic rings. The number of Topliss-reactive ketones (excluding diaryl/α,β-unsaturated/α-hetero) is 1. The van der Waals surface area contributed by atoms with E-state index in [1.54, 1.807) is 14.2 Å². The van der Waals surface area contributed by atoms with Crippen molar-refractivity contribution in [2.45, 2.75) is 33.2 Å². The minimum Gasteiger partial charge on any atom is -0.496 e. The van der Waals surface area contributed by atoms with Crippen molar-refractivity contribution in [2.24, 2.45) is 0 Å². The van der Waals surface area contributed by atoms with E-state index in [9.17, 15) is 4.79 Å². The van der Waals surface area contributed by atoms with Crippen molar-refractivity contribution in [1.29, 1.82) is 0 Å². The van der Waals surface area contributed by atoms with Gasteiger partial charge in [0.1, 0.15) is 5.75 Å². The Kier molecular flexibility index (Phi) is 3.94. The standard InChI is InChI=1S/C14H21NO2/c1-9-7-11(8-10(2)12(9)17-6)13(16)14(3,4)15-5/h7-8,15H,1-6H3. The Labute approximate surface area is 103 Å². The van der Waals surface area contributed by atoms with Crippen LogP contribution in [-0.4, -0.2) is 25.5 Å². The predicted molar refractivity (Wildman–Crippen MR) is 69.9 cm³/mol. The highest BCUT2D eigenvalue weighted by Gasteiger charge is 2.27. The number of aryl methyl sites for hydroxylation is 2. The number of hydrogen-bond acceptors (Lipinski definition) is 3. The maximum atomic E-state index is 12.3. The van der Waals surface area contributed by atoms with Crippen molar-refractivity contribution >= 4 is 5.78 Å². The molecule has 1 aromatic carbocycles. The van der Waals surface area contributed by atoms with E-state index in [1.807, 2.05) is 39.8 Å². The number of rotatable bonds is 4. The van der Waals surface area contributed by atoms with Crippen molar-refractivity contribution in [3.63, 3.8) is 0 Å². The number of ketones is 1. The van der Waals surface area contributed by atoms with Crippen LogP contribution in [0.3, 0.4) is 0 Å². The van der Waals surface area contributed by atoms with Gasteiger partial charge >= 0.3 is 0 Å². The van der Waals surface area contributed by atoms with Crippen molar-refractivity contribution in [2.75, 3.05) is 14.2 Å². The van der Waals surface area contributed by atoms with E-state index < -0.39 is 5.54 Å². The summed E-state index contributed by atoms with van der Waals surface area (Å²) in [7, 11) is 3.44. The van der Waals surface area contributed by atoms with Gasteiger partial charge in [0.2, 0.25) is 0 Å². The van der Waals surface area contributed by atoms with Crippen LogP contribution in [0.25, 0.3) is 0 Å². The van der Waals surface area contributed by atoms with Crippen LogP contribution in [0.5, 0.6) is 5.75 Å². The highest BCUT2D eigenvalue weighted by Crippen LogP contribution is 2.26. The van der Waals surface area contributed by atoms with Crippen LogP contribution in [0.4, 0.5) is 0 Å². The number of nitrogens with one attached hydrogen (secondary N) is 1. The summed E-state index contributed by atoms with van der Waals surface area (Å²) in [5, 5.41) is 3.03. The van der Waals surface area contributed by atoms with Crippen molar-refractivity contribution in [1.82, 2.24) is 5.32 Å². The van der Waals surface area contributed by atoms with Crippen LogP contribution in [-0.2, 0) is 0 Å². The first kappa shape index (κ1) is 13.7. The minimum atomic E-state index is -0.548. The lowest BCUT2D eigenvalue weighted by molar-refractivity contribution is 0.0889. The lowest BCUT2D eigenvalue weighted by Crippen LogP contribution is -2.44. The molecular formula is C14H21NO2. The minimum absolute atomic E-state index is 0.0915. The Balaban J connectivity index is 3.22. The summed E-state index contributed by atoms with van der Waals surface area (Å²) in [6, 6.07) is 3.76. The molecule has 0 unspecified atom stereocenters. The number of carbonyl (C=O) groups excluding carboxylic acids is 1. The first-order valence-corrected chi connectivity index (χ1v) is 5.72. The number of methoxy groups -OCH3 is 1. The molecule has 0 aromatic heterocycles. The molecule has 3 heteroatoms. The van der Waals surface area contributed by atoms with E-state index in [0.717, 1.165) is 22.4 Å². The Morgan fingerprint density at radius 3 is 2.06 bits per heavy atom. The zero-order valence-electron chi connectivity index (χ0n) is 11.5. The smallest absolute Gasteiger partial charge is 0.182 e. The molecule has 0 bridgehead atoms. The lowest BCUT2D eigenvalue weighted by Gasteiger charge is -2.23. The second kappa shape index (κ2) is 4.88. The third kappa shape index (κ3) is 2.67. The molecule has 17 heavy (non-hydrogen) atoms.